The smallest absolute Gasteiger partial charge is 0.328 e. The third kappa shape index (κ3) is 5.18. The van der Waals surface area contributed by atoms with Gasteiger partial charge in [0.2, 0.25) is 5.91 Å². The van der Waals surface area contributed by atoms with Crippen LogP contribution in [0.3, 0.4) is 0 Å². The van der Waals surface area contributed by atoms with Crippen LogP contribution >= 0.6 is 28.3 Å². The second kappa shape index (κ2) is 9.68. The van der Waals surface area contributed by atoms with Gasteiger partial charge < -0.3 is 20.8 Å². The first kappa shape index (κ1) is 21.1. The summed E-state index contributed by atoms with van der Waals surface area (Å²) in [7, 11) is 1.31. The highest BCUT2D eigenvalue weighted by Gasteiger charge is 2.25. The highest BCUT2D eigenvalue weighted by Crippen LogP contribution is 2.19. The normalized spacial score (nSPS) is 12.8. The lowest BCUT2D eigenvalue weighted by Gasteiger charge is -2.18. The van der Waals surface area contributed by atoms with E-state index < -0.39 is 18.1 Å². The molecule has 0 aliphatic rings. The van der Waals surface area contributed by atoms with E-state index >= 15 is 0 Å². The summed E-state index contributed by atoms with van der Waals surface area (Å²) in [5.41, 5.74) is 8.06. The van der Waals surface area contributed by atoms with Gasteiger partial charge in [-0.05, 0) is 29.5 Å². The number of thiophene rings is 1. The summed E-state index contributed by atoms with van der Waals surface area (Å²) in [4.78, 5) is 28.7. The maximum absolute atomic E-state index is 12.5. The fraction of sp³-hybridized carbons (Fsp3) is 0.263. The molecular weight excluding hydrogens is 430 g/mol. The quantitative estimate of drug-likeness (QED) is 0.480. The average molecular weight is 452 g/mol. The Labute approximate surface area is 171 Å². The van der Waals surface area contributed by atoms with Crippen molar-refractivity contribution in [2.75, 3.05) is 7.11 Å². The number of hydrogen-bond acceptors (Lipinski definition) is 5. The number of hydrogen-bond donors (Lipinski definition) is 3. The number of esters is 1. The van der Waals surface area contributed by atoms with E-state index in [-0.39, 0.29) is 22.9 Å². The topological polar surface area (TPSA) is 97.2 Å². The third-order valence-electron chi connectivity index (χ3n) is 4.24. The summed E-state index contributed by atoms with van der Waals surface area (Å²) in [5, 5.41) is 5.69. The fourth-order valence-corrected chi connectivity index (χ4v) is 3.63. The number of carbonyl (C=O) groups excluding carboxylic acids is 2. The van der Waals surface area contributed by atoms with Gasteiger partial charge in [0.25, 0.3) is 0 Å². The number of nitrogens with one attached hydrogen (secondary N) is 2. The molecule has 3 rings (SSSR count). The molecule has 0 aliphatic carbocycles. The SMILES string of the molecule is Br.COC(=O)C(Cc1cccs1)NC(=O)C(N)Cc1c[nH]c2ccccc12. The van der Waals surface area contributed by atoms with Gasteiger partial charge in [-0.25, -0.2) is 4.79 Å². The standard InChI is InChI=1S/C19H21N3O3S.BrH/c1-25-19(24)17(10-13-5-4-8-26-13)22-18(23)15(20)9-12-11-21-16-7-3-2-6-14(12)16;/h2-8,11,15,17,21H,9-10,20H2,1H3,(H,22,23);1H. The highest BCUT2D eigenvalue weighted by atomic mass is 79.9. The fourth-order valence-electron chi connectivity index (χ4n) is 2.87. The number of aromatic nitrogens is 1. The molecule has 0 saturated carbocycles. The Hall–Kier alpha value is -2.16. The minimum absolute atomic E-state index is 0. The maximum Gasteiger partial charge on any atom is 0.328 e. The molecule has 2 atom stereocenters. The zero-order valence-corrected chi connectivity index (χ0v) is 17.3. The van der Waals surface area contributed by atoms with Crippen molar-refractivity contribution in [3.8, 4) is 0 Å². The zero-order chi connectivity index (χ0) is 18.5. The molecule has 2 heterocycles. The Morgan fingerprint density at radius 2 is 2.00 bits per heavy atom. The van der Waals surface area contributed by atoms with Gasteiger partial charge in [-0.2, -0.15) is 0 Å². The Balaban J connectivity index is 0.00000261. The number of amides is 1. The second-order valence-electron chi connectivity index (χ2n) is 6.04. The summed E-state index contributed by atoms with van der Waals surface area (Å²) in [6.07, 6.45) is 2.62. The van der Waals surface area contributed by atoms with Crippen LogP contribution in [0.2, 0.25) is 0 Å². The van der Waals surface area contributed by atoms with Crippen LogP contribution in [0, 0.1) is 0 Å². The van der Waals surface area contributed by atoms with Gasteiger partial charge >= 0.3 is 5.97 Å². The van der Waals surface area contributed by atoms with Crippen molar-refractivity contribution in [1.29, 1.82) is 0 Å². The molecule has 0 aliphatic heterocycles. The van der Waals surface area contributed by atoms with Gasteiger partial charge in [-0.15, -0.1) is 28.3 Å². The maximum atomic E-state index is 12.5. The van der Waals surface area contributed by atoms with Crippen molar-refractivity contribution >= 4 is 51.1 Å². The number of rotatable bonds is 7. The van der Waals surface area contributed by atoms with Gasteiger partial charge in [0.15, 0.2) is 0 Å². The molecule has 3 aromatic rings. The summed E-state index contributed by atoms with van der Waals surface area (Å²) >= 11 is 1.53. The predicted octanol–water partition coefficient (Wildman–Crippen LogP) is 2.58. The summed E-state index contributed by atoms with van der Waals surface area (Å²) in [6.45, 7) is 0. The van der Waals surface area contributed by atoms with E-state index in [0.717, 1.165) is 21.3 Å². The molecule has 0 radical (unpaired) electrons. The van der Waals surface area contributed by atoms with Gasteiger partial charge in [-0.1, -0.05) is 24.3 Å². The van der Waals surface area contributed by atoms with Gasteiger partial charge in [0.1, 0.15) is 6.04 Å². The Morgan fingerprint density at radius 3 is 2.70 bits per heavy atom. The van der Waals surface area contributed by atoms with Crippen molar-refractivity contribution in [2.24, 2.45) is 5.73 Å². The monoisotopic (exact) mass is 451 g/mol. The molecule has 4 N–H and O–H groups in total. The lowest BCUT2D eigenvalue weighted by molar-refractivity contribution is -0.145. The summed E-state index contributed by atoms with van der Waals surface area (Å²) in [6, 6.07) is 10.2. The van der Waals surface area contributed by atoms with Gasteiger partial charge in [0, 0.05) is 28.4 Å². The molecule has 1 amide bonds. The number of aromatic amines is 1. The average Bonchev–Trinajstić information content (AvgIpc) is 3.30. The highest BCUT2D eigenvalue weighted by molar-refractivity contribution is 8.93. The minimum Gasteiger partial charge on any atom is -0.467 e. The lowest BCUT2D eigenvalue weighted by Crippen LogP contribution is -2.50. The number of methoxy groups -OCH3 is 1. The third-order valence-corrected chi connectivity index (χ3v) is 5.14. The number of para-hydroxylation sites is 1. The van der Waals surface area contributed by atoms with E-state index in [2.05, 4.69) is 10.3 Å². The van der Waals surface area contributed by atoms with Gasteiger partial charge in [0.05, 0.1) is 13.2 Å². The van der Waals surface area contributed by atoms with Crippen LogP contribution in [0.1, 0.15) is 10.4 Å². The van der Waals surface area contributed by atoms with E-state index in [9.17, 15) is 9.59 Å². The number of benzene rings is 1. The molecule has 2 unspecified atom stereocenters. The molecular formula is C19H22BrN3O3S. The molecule has 2 aromatic heterocycles. The van der Waals surface area contributed by atoms with E-state index in [4.69, 9.17) is 10.5 Å². The molecule has 6 nitrogen and oxygen atoms in total. The number of fused-ring (bicyclic) bond motifs is 1. The molecule has 0 saturated heterocycles. The van der Waals surface area contributed by atoms with E-state index in [1.807, 2.05) is 48.0 Å². The van der Waals surface area contributed by atoms with Crippen LogP contribution < -0.4 is 11.1 Å². The van der Waals surface area contributed by atoms with Crippen LogP contribution in [0.15, 0.2) is 48.0 Å². The van der Waals surface area contributed by atoms with Crippen molar-refractivity contribution in [3.63, 3.8) is 0 Å². The predicted molar refractivity (Wildman–Crippen MR) is 112 cm³/mol. The van der Waals surface area contributed by atoms with Crippen LogP contribution in [-0.4, -0.2) is 36.1 Å². The van der Waals surface area contributed by atoms with Gasteiger partial charge in [-0.3, -0.25) is 4.79 Å². The molecule has 0 fully saturated rings. The lowest BCUT2D eigenvalue weighted by atomic mass is 10.0. The van der Waals surface area contributed by atoms with Crippen molar-refractivity contribution < 1.29 is 14.3 Å². The summed E-state index contributed by atoms with van der Waals surface area (Å²) in [5.74, 6) is -0.853. The van der Waals surface area contributed by atoms with Crippen LogP contribution in [0.4, 0.5) is 0 Å². The van der Waals surface area contributed by atoms with Crippen LogP contribution in [-0.2, 0) is 27.2 Å². The Kier molecular flexibility index (Phi) is 7.58. The first-order valence-corrected chi connectivity index (χ1v) is 9.17. The molecule has 8 heteroatoms. The Bertz CT molecular complexity index is 895. The van der Waals surface area contributed by atoms with E-state index in [1.54, 1.807) is 0 Å². The summed E-state index contributed by atoms with van der Waals surface area (Å²) < 4.78 is 4.81. The molecule has 1 aromatic carbocycles. The number of H-pyrrole nitrogens is 1. The molecule has 0 spiro atoms. The Morgan fingerprint density at radius 1 is 1.22 bits per heavy atom. The first-order valence-electron chi connectivity index (χ1n) is 8.29. The molecule has 0 bridgehead atoms. The van der Waals surface area contributed by atoms with Crippen molar-refractivity contribution in [2.45, 2.75) is 24.9 Å². The molecule has 27 heavy (non-hydrogen) atoms. The first-order chi connectivity index (χ1) is 12.6. The van der Waals surface area contributed by atoms with E-state index in [1.165, 1.54) is 18.4 Å². The number of ether oxygens (including phenoxy) is 1. The zero-order valence-electron chi connectivity index (χ0n) is 14.8. The van der Waals surface area contributed by atoms with Crippen LogP contribution in [0.25, 0.3) is 10.9 Å². The number of nitrogens with two attached hydrogens (primary N) is 1. The van der Waals surface area contributed by atoms with Crippen molar-refractivity contribution in [3.05, 3.63) is 58.4 Å². The van der Waals surface area contributed by atoms with Crippen LogP contribution in [0.5, 0.6) is 0 Å². The number of halogens is 1. The van der Waals surface area contributed by atoms with E-state index in [0.29, 0.717) is 12.8 Å². The van der Waals surface area contributed by atoms with Crippen molar-refractivity contribution in [1.82, 2.24) is 10.3 Å². The largest absolute Gasteiger partial charge is 0.467 e. The minimum atomic E-state index is -0.760. The second-order valence-corrected chi connectivity index (χ2v) is 7.07. The molecule has 144 valence electrons. The number of carbonyl (C=O) groups is 2.